The molecule has 0 aromatic heterocycles. The number of nitrogens with two attached hydrogens (primary N) is 1. The number of hydrogen-bond donors (Lipinski definition) is 1. The summed E-state index contributed by atoms with van der Waals surface area (Å²) in [6, 6.07) is 24.6. The molecule has 0 spiro atoms. The topological polar surface area (TPSA) is 44.5 Å². The zero-order valence-corrected chi connectivity index (χ0v) is 15.1. The lowest BCUT2D eigenvalue weighted by molar-refractivity contribution is 0.397. The van der Waals surface area contributed by atoms with E-state index in [0.717, 1.165) is 11.1 Å². The number of hydrogen-bond acceptors (Lipinski definition) is 3. The van der Waals surface area contributed by atoms with Crippen LogP contribution in [-0.2, 0) is 0 Å². The molecule has 0 heterocycles. The number of rotatable bonds is 6. The van der Waals surface area contributed by atoms with Crippen LogP contribution in [0.3, 0.4) is 0 Å². The maximum atomic E-state index is 6.11. The van der Waals surface area contributed by atoms with Gasteiger partial charge in [-0.2, -0.15) is 0 Å². The predicted molar refractivity (Wildman–Crippen MR) is 108 cm³/mol. The van der Waals surface area contributed by atoms with Crippen molar-refractivity contribution in [2.75, 3.05) is 20.0 Å². The summed E-state index contributed by atoms with van der Waals surface area (Å²) in [6.45, 7) is 0. The number of methoxy groups -OCH3 is 2. The highest BCUT2D eigenvalue weighted by molar-refractivity contribution is 5.66. The molecule has 0 amide bonds. The summed E-state index contributed by atoms with van der Waals surface area (Å²) in [7, 11) is 3.23. The Labute approximate surface area is 154 Å². The quantitative estimate of drug-likeness (QED) is 0.630. The molecule has 0 bridgehead atoms. The van der Waals surface area contributed by atoms with E-state index in [2.05, 4.69) is 36.4 Å². The summed E-state index contributed by atoms with van der Waals surface area (Å²) in [5.41, 5.74) is 10.0. The monoisotopic (exact) mass is 345 g/mol. The molecule has 3 rings (SSSR count). The first-order chi connectivity index (χ1) is 12.7. The average molecular weight is 345 g/mol. The fourth-order valence-corrected chi connectivity index (χ4v) is 2.99. The summed E-state index contributed by atoms with van der Waals surface area (Å²) < 4.78 is 10.9. The first-order valence-electron chi connectivity index (χ1n) is 8.52. The van der Waals surface area contributed by atoms with Gasteiger partial charge in [0.1, 0.15) is 17.2 Å². The highest BCUT2D eigenvalue weighted by Gasteiger charge is 2.16. The third-order valence-electron chi connectivity index (χ3n) is 4.36. The smallest absolute Gasteiger partial charge is 0.145 e. The van der Waals surface area contributed by atoms with Crippen molar-refractivity contribution < 1.29 is 9.47 Å². The summed E-state index contributed by atoms with van der Waals surface area (Å²) in [4.78, 5) is 0. The van der Waals surface area contributed by atoms with Crippen LogP contribution in [0.1, 0.15) is 22.6 Å². The lowest BCUT2D eigenvalue weighted by atomic mass is 9.90. The summed E-state index contributed by atoms with van der Waals surface area (Å²) in [5, 5.41) is 0. The largest absolute Gasteiger partial charge is 0.494 e. The highest BCUT2D eigenvalue weighted by Crippen LogP contribution is 2.38. The van der Waals surface area contributed by atoms with Gasteiger partial charge in [0, 0.05) is 5.92 Å². The van der Waals surface area contributed by atoms with Crippen molar-refractivity contribution >= 4 is 11.8 Å². The molecule has 1 atom stereocenters. The lowest BCUT2D eigenvalue weighted by Crippen LogP contribution is -2.03. The third kappa shape index (κ3) is 3.89. The molecule has 26 heavy (non-hydrogen) atoms. The number of anilines is 1. The van der Waals surface area contributed by atoms with Crippen LogP contribution in [-0.4, -0.2) is 14.2 Å². The summed E-state index contributed by atoms with van der Waals surface area (Å²) in [5.74, 6) is 1.29. The second-order valence-corrected chi connectivity index (χ2v) is 6.00. The molecule has 132 valence electrons. The lowest BCUT2D eigenvalue weighted by Gasteiger charge is -2.18. The van der Waals surface area contributed by atoms with Crippen molar-refractivity contribution in [1.82, 2.24) is 0 Å². The van der Waals surface area contributed by atoms with E-state index in [4.69, 9.17) is 15.2 Å². The van der Waals surface area contributed by atoms with Crippen LogP contribution < -0.4 is 15.2 Å². The minimum absolute atomic E-state index is 0.0554. The van der Waals surface area contributed by atoms with E-state index in [-0.39, 0.29) is 5.92 Å². The van der Waals surface area contributed by atoms with Gasteiger partial charge in [-0.15, -0.1) is 0 Å². The number of allylic oxidation sites excluding steroid dienone is 1. The zero-order valence-electron chi connectivity index (χ0n) is 15.1. The minimum atomic E-state index is 0.0554. The number of nitrogen functional groups attached to an aromatic ring is 1. The van der Waals surface area contributed by atoms with Gasteiger partial charge in [-0.25, -0.2) is 0 Å². The van der Waals surface area contributed by atoms with Crippen molar-refractivity contribution in [3.63, 3.8) is 0 Å². The number of benzene rings is 3. The van der Waals surface area contributed by atoms with E-state index in [1.54, 1.807) is 14.2 Å². The molecule has 0 saturated carbocycles. The van der Waals surface area contributed by atoms with E-state index in [0.29, 0.717) is 17.2 Å². The fourth-order valence-electron chi connectivity index (χ4n) is 2.99. The van der Waals surface area contributed by atoms with Gasteiger partial charge >= 0.3 is 0 Å². The average Bonchev–Trinajstić information content (AvgIpc) is 2.70. The molecule has 1 unspecified atom stereocenters. The van der Waals surface area contributed by atoms with Crippen LogP contribution in [0.4, 0.5) is 5.69 Å². The summed E-state index contributed by atoms with van der Waals surface area (Å²) in [6.07, 6.45) is 4.32. The van der Waals surface area contributed by atoms with E-state index in [1.807, 2.05) is 48.5 Å². The Balaban J connectivity index is 2.08. The zero-order chi connectivity index (χ0) is 18.4. The van der Waals surface area contributed by atoms with Gasteiger partial charge in [-0.05, 0) is 28.8 Å². The van der Waals surface area contributed by atoms with E-state index in [9.17, 15) is 0 Å². The van der Waals surface area contributed by atoms with Crippen LogP contribution in [0.15, 0.2) is 78.9 Å². The first kappa shape index (κ1) is 17.6. The van der Waals surface area contributed by atoms with Crippen molar-refractivity contribution in [3.8, 4) is 11.5 Å². The third-order valence-corrected chi connectivity index (χ3v) is 4.36. The van der Waals surface area contributed by atoms with Crippen molar-refractivity contribution in [3.05, 3.63) is 95.6 Å². The van der Waals surface area contributed by atoms with Crippen molar-refractivity contribution in [2.45, 2.75) is 5.92 Å². The van der Waals surface area contributed by atoms with Crippen LogP contribution in [0.25, 0.3) is 6.08 Å². The van der Waals surface area contributed by atoms with Gasteiger partial charge < -0.3 is 15.2 Å². The fraction of sp³-hybridized carbons (Fsp3) is 0.130. The van der Waals surface area contributed by atoms with Crippen LogP contribution in [0.2, 0.25) is 0 Å². The molecule has 0 radical (unpaired) electrons. The SMILES string of the molecule is COc1cc(C(/C=C/c2ccccc2)c2ccccc2)cc(OC)c1N. The van der Waals surface area contributed by atoms with E-state index < -0.39 is 0 Å². The van der Waals surface area contributed by atoms with Gasteiger partial charge in [0.15, 0.2) is 0 Å². The van der Waals surface area contributed by atoms with Crippen LogP contribution >= 0.6 is 0 Å². The van der Waals surface area contributed by atoms with Crippen molar-refractivity contribution in [2.24, 2.45) is 0 Å². The molecule has 3 aromatic rings. The molecule has 3 heteroatoms. The van der Waals surface area contributed by atoms with Gasteiger partial charge in [0.25, 0.3) is 0 Å². The molecule has 0 aliphatic carbocycles. The Kier molecular flexibility index (Phi) is 5.59. The van der Waals surface area contributed by atoms with Gasteiger partial charge in [0.2, 0.25) is 0 Å². The Morgan fingerprint density at radius 3 is 1.85 bits per heavy atom. The van der Waals surface area contributed by atoms with Gasteiger partial charge in [-0.1, -0.05) is 72.8 Å². The molecule has 0 saturated heterocycles. The molecule has 0 fully saturated rings. The van der Waals surface area contributed by atoms with Crippen molar-refractivity contribution in [1.29, 1.82) is 0 Å². The highest BCUT2D eigenvalue weighted by atomic mass is 16.5. The minimum Gasteiger partial charge on any atom is -0.494 e. The van der Waals surface area contributed by atoms with Crippen LogP contribution in [0, 0.1) is 0 Å². The Morgan fingerprint density at radius 2 is 1.31 bits per heavy atom. The first-order valence-corrected chi connectivity index (χ1v) is 8.52. The standard InChI is InChI=1S/C23H23NO2/c1-25-21-15-19(16-22(26-2)23(21)24)20(18-11-7-4-8-12-18)14-13-17-9-5-3-6-10-17/h3-16,20H,24H2,1-2H3/b14-13+. The van der Waals surface area contributed by atoms with Crippen LogP contribution in [0.5, 0.6) is 11.5 Å². The van der Waals surface area contributed by atoms with Gasteiger partial charge in [-0.3, -0.25) is 0 Å². The normalized spacial score (nSPS) is 12.1. The summed E-state index contributed by atoms with van der Waals surface area (Å²) >= 11 is 0. The molecule has 0 aliphatic heterocycles. The van der Waals surface area contributed by atoms with E-state index >= 15 is 0 Å². The van der Waals surface area contributed by atoms with Gasteiger partial charge in [0.05, 0.1) is 14.2 Å². The van der Waals surface area contributed by atoms with E-state index in [1.165, 1.54) is 5.56 Å². The molecular formula is C23H23NO2. The predicted octanol–water partition coefficient (Wildman–Crippen LogP) is 5.13. The maximum Gasteiger partial charge on any atom is 0.145 e. The molecular weight excluding hydrogens is 322 g/mol. The Bertz CT molecular complexity index is 848. The molecule has 2 N–H and O–H groups in total. The maximum absolute atomic E-state index is 6.11. The molecule has 3 nitrogen and oxygen atoms in total. The second kappa shape index (κ2) is 8.26. The Hall–Kier alpha value is -3.20. The second-order valence-electron chi connectivity index (χ2n) is 6.00. The molecule has 0 aliphatic rings. The number of ether oxygens (including phenoxy) is 2. The Morgan fingerprint density at radius 1 is 0.769 bits per heavy atom. The molecule has 3 aromatic carbocycles.